The van der Waals surface area contributed by atoms with Crippen molar-refractivity contribution in [2.75, 3.05) is 26.3 Å². The summed E-state index contributed by atoms with van der Waals surface area (Å²) in [7, 11) is 1.91. The Kier molecular flexibility index (Phi) is 2.24. The fourth-order valence-corrected chi connectivity index (χ4v) is 2.70. The van der Waals surface area contributed by atoms with Crippen LogP contribution in [-0.4, -0.2) is 41.7 Å². The number of ether oxygens (including phenoxy) is 1. The van der Waals surface area contributed by atoms with Gasteiger partial charge in [0.1, 0.15) is 5.69 Å². The smallest absolute Gasteiger partial charge is 0.270 e. The zero-order valence-electron chi connectivity index (χ0n) is 9.43. The van der Waals surface area contributed by atoms with E-state index in [4.69, 9.17) is 4.74 Å². The van der Waals surface area contributed by atoms with Gasteiger partial charge in [0.05, 0.1) is 13.2 Å². The molecular weight excluding hydrogens is 204 g/mol. The zero-order valence-corrected chi connectivity index (χ0v) is 9.43. The summed E-state index contributed by atoms with van der Waals surface area (Å²) in [4.78, 5) is 14.2. The molecule has 0 unspecified atom stereocenters. The first-order valence-corrected chi connectivity index (χ1v) is 5.74. The number of hydrogen-bond donors (Lipinski definition) is 0. The van der Waals surface area contributed by atoms with E-state index in [-0.39, 0.29) is 5.91 Å². The normalized spacial score (nSPS) is 28.4. The molecule has 2 saturated heterocycles. The Morgan fingerprint density at radius 3 is 2.62 bits per heavy atom. The molecule has 0 spiro atoms. The number of fused-ring (bicyclic) bond motifs is 1. The van der Waals surface area contributed by atoms with Crippen molar-refractivity contribution < 1.29 is 9.53 Å². The first kappa shape index (κ1) is 9.90. The van der Waals surface area contributed by atoms with Crippen molar-refractivity contribution in [3.8, 4) is 0 Å². The van der Waals surface area contributed by atoms with Crippen LogP contribution in [0.4, 0.5) is 0 Å². The van der Waals surface area contributed by atoms with Crippen LogP contribution in [-0.2, 0) is 11.8 Å². The first-order valence-electron chi connectivity index (χ1n) is 5.74. The highest BCUT2D eigenvalue weighted by Crippen LogP contribution is 2.29. The molecule has 3 heterocycles. The van der Waals surface area contributed by atoms with Crippen LogP contribution in [0.3, 0.4) is 0 Å². The molecule has 0 saturated carbocycles. The number of rotatable bonds is 1. The van der Waals surface area contributed by atoms with Crippen LogP contribution >= 0.6 is 0 Å². The average molecular weight is 220 g/mol. The van der Waals surface area contributed by atoms with E-state index in [0.29, 0.717) is 11.8 Å². The lowest BCUT2D eigenvalue weighted by atomic mass is 10.0. The molecule has 0 N–H and O–H groups in total. The topological polar surface area (TPSA) is 34.5 Å². The highest BCUT2D eigenvalue weighted by molar-refractivity contribution is 5.93. The molecule has 0 aliphatic carbocycles. The van der Waals surface area contributed by atoms with E-state index in [1.54, 1.807) is 0 Å². The summed E-state index contributed by atoms with van der Waals surface area (Å²) in [6.45, 7) is 3.35. The third-order valence-electron chi connectivity index (χ3n) is 3.69. The molecule has 3 rings (SSSR count). The minimum atomic E-state index is 0.155. The second-order valence-electron chi connectivity index (χ2n) is 4.77. The van der Waals surface area contributed by atoms with E-state index in [2.05, 4.69) is 0 Å². The second-order valence-corrected chi connectivity index (χ2v) is 4.77. The Bertz CT molecular complexity index is 401. The molecular formula is C12H16N2O2. The predicted molar refractivity (Wildman–Crippen MR) is 59.1 cm³/mol. The van der Waals surface area contributed by atoms with Crippen molar-refractivity contribution in [3.63, 3.8) is 0 Å². The van der Waals surface area contributed by atoms with Crippen LogP contribution in [0.15, 0.2) is 18.3 Å². The fraction of sp³-hybridized carbons (Fsp3) is 0.583. The van der Waals surface area contributed by atoms with Crippen LogP contribution in [0.2, 0.25) is 0 Å². The summed E-state index contributed by atoms with van der Waals surface area (Å²) in [6.07, 6.45) is 1.91. The first-order chi connectivity index (χ1) is 7.75. The molecule has 2 aliphatic rings. The highest BCUT2D eigenvalue weighted by atomic mass is 16.5. The van der Waals surface area contributed by atoms with Gasteiger partial charge in [-0.1, -0.05) is 0 Å². The lowest BCUT2D eigenvalue weighted by molar-refractivity contribution is 0.0742. The number of aromatic nitrogens is 1. The summed E-state index contributed by atoms with van der Waals surface area (Å²) < 4.78 is 7.29. The van der Waals surface area contributed by atoms with Crippen LogP contribution in [0, 0.1) is 11.8 Å². The van der Waals surface area contributed by atoms with Gasteiger partial charge in [-0.05, 0) is 12.1 Å². The Morgan fingerprint density at radius 1 is 1.38 bits per heavy atom. The summed E-state index contributed by atoms with van der Waals surface area (Å²) >= 11 is 0. The Morgan fingerprint density at radius 2 is 2.06 bits per heavy atom. The molecule has 16 heavy (non-hydrogen) atoms. The van der Waals surface area contributed by atoms with Crippen molar-refractivity contribution in [2.24, 2.45) is 18.9 Å². The Hall–Kier alpha value is -1.29. The minimum Gasteiger partial charge on any atom is -0.381 e. The largest absolute Gasteiger partial charge is 0.381 e. The molecule has 1 aromatic rings. The van der Waals surface area contributed by atoms with Gasteiger partial charge >= 0.3 is 0 Å². The van der Waals surface area contributed by atoms with E-state index >= 15 is 0 Å². The SMILES string of the molecule is Cn1cccc1C(=O)N1C[C@H]2COC[C@H]2C1. The maximum atomic E-state index is 12.2. The average Bonchev–Trinajstić information content (AvgIpc) is 2.89. The molecule has 2 aliphatic heterocycles. The third-order valence-corrected chi connectivity index (χ3v) is 3.69. The summed E-state index contributed by atoms with van der Waals surface area (Å²) in [5, 5.41) is 0. The standard InChI is InChI=1S/C12H16N2O2/c1-13-4-2-3-11(13)12(15)14-5-9-7-16-8-10(9)6-14/h2-4,9-10H,5-8H2,1H3/t9-,10+. The maximum absolute atomic E-state index is 12.2. The van der Waals surface area contributed by atoms with E-state index in [0.717, 1.165) is 32.0 Å². The molecule has 4 heteroatoms. The quantitative estimate of drug-likeness (QED) is 0.699. The van der Waals surface area contributed by atoms with Gasteiger partial charge < -0.3 is 14.2 Å². The van der Waals surface area contributed by atoms with Gasteiger partial charge in [0, 0.05) is 38.2 Å². The maximum Gasteiger partial charge on any atom is 0.270 e. The summed E-state index contributed by atoms with van der Waals surface area (Å²) in [5.41, 5.74) is 0.779. The number of nitrogens with zero attached hydrogens (tertiary/aromatic N) is 2. The molecule has 86 valence electrons. The minimum absolute atomic E-state index is 0.155. The highest BCUT2D eigenvalue weighted by Gasteiger charge is 2.39. The summed E-state index contributed by atoms with van der Waals surface area (Å²) in [5.74, 6) is 1.27. The van der Waals surface area contributed by atoms with Crippen LogP contribution in [0.5, 0.6) is 0 Å². The number of amides is 1. The van der Waals surface area contributed by atoms with Crippen LogP contribution < -0.4 is 0 Å². The number of hydrogen-bond acceptors (Lipinski definition) is 2. The Labute approximate surface area is 94.8 Å². The number of aryl methyl sites for hydroxylation is 1. The Balaban J connectivity index is 1.75. The fourth-order valence-electron chi connectivity index (χ4n) is 2.70. The van der Waals surface area contributed by atoms with Crippen LogP contribution in [0.25, 0.3) is 0 Å². The van der Waals surface area contributed by atoms with E-state index in [9.17, 15) is 4.79 Å². The predicted octanol–water partition coefficient (Wildman–Crippen LogP) is 0.744. The van der Waals surface area contributed by atoms with Crippen molar-refractivity contribution in [3.05, 3.63) is 24.0 Å². The molecule has 2 fully saturated rings. The van der Waals surface area contributed by atoms with Crippen molar-refractivity contribution in [1.82, 2.24) is 9.47 Å². The van der Waals surface area contributed by atoms with Gasteiger partial charge in [0.2, 0.25) is 0 Å². The molecule has 0 aromatic carbocycles. The molecule has 2 atom stereocenters. The van der Waals surface area contributed by atoms with Gasteiger partial charge in [0.25, 0.3) is 5.91 Å². The van der Waals surface area contributed by atoms with Crippen molar-refractivity contribution in [1.29, 1.82) is 0 Å². The number of likely N-dealkylation sites (tertiary alicyclic amines) is 1. The van der Waals surface area contributed by atoms with Crippen LogP contribution in [0.1, 0.15) is 10.5 Å². The molecule has 4 nitrogen and oxygen atoms in total. The van der Waals surface area contributed by atoms with E-state index in [1.807, 2.05) is 34.8 Å². The molecule has 1 aromatic heterocycles. The zero-order chi connectivity index (χ0) is 11.1. The van der Waals surface area contributed by atoms with E-state index < -0.39 is 0 Å². The van der Waals surface area contributed by atoms with Gasteiger partial charge in [0.15, 0.2) is 0 Å². The molecule has 0 bridgehead atoms. The number of carbonyl (C=O) groups excluding carboxylic acids is 1. The van der Waals surface area contributed by atoms with Gasteiger partial charge in [-0.2, -0.15) is 0 Å². The molecule has 0 radical (unpaired) electrons. The van der Waals surface area contributed by atoms with Crippen molar-refractivity contribution >= 4 is 5.91 Å². The molecule has 1 amide bonds. The van der Waals surface area contributed by atoms with E-state index in [1.165, 1.54) is 0 Å². The van der Waals surface area contributed by atoms with Gasteiger partial charge in [-0.15, -0.1) is 0 Å². The lowest BCUT2D eigenvalue weighted by Crippen LogP contribution is -2.31. The monoisotopic (exact) mass is 220 g/mol. The van der Waals surface area contributed by atoms with Gasteiger partial charge in [-0.3, -0.25) is 4.79 Å². The summed E-state index contributed by atoms with van der Waals surface area (Å²) in [6, 6.07) is 3.79. The van der Waals surface area contributed by atoms with Gasteiger partial charge in [-0.25, -0.2) is 0 Å². The lowest BCUT2D eigenvalue weighted by Gasteiger charge is -2.17. The van der Waals surface area contributed by atoms with Crippen molar-refractivity contribution in [2.45, 2.75) is 0 Å². The number of carbonyl (C=O) groups is 1. The second kappa shape index (κ2) is 3.63. The third kappa shape index (κ3) is 1.45.